The van der Waals surface area contributed by atoms with Crippen LogP contribution >= 0.6 is 0 Å². The highest BCUT2D eigenvalue weighted by Crippen LogP contribution is 2.30. The van der Waals surface area contributed by atoms with E-state index in [1.165, 1.54) is 12.8 Å². The van der Waals surface area contributed by atoms with Crippen LogP contribution in [0.25, 0.3) is 0 Å². The Bertz CT molecular complexity index is 202. The lowest BCUT2D eigenvalue weighted by molar-refractivity contribution is -0.0200. The lowest BCUT2D eigenvalue weighted by atomic mass is 9.79. The minimum atomic E-state index is -0.0153. The van der Waals surface area contributed by atoms with E-state index < -0.39 is 0 Å². The summed E-state index contributed by atoms with van der Waals surface area (Å²) in [7, 11) is 0. The van der Waals surface area contributed by atoms with Gasteiger partial charge in [-0.3, -0.25) is 0 Å². The minimum Gasteiger partial charge on any atom is -0.376 e. The summed E-state index contributed by atoms with van der Waals surface area (Å²) < 4.78 is 5.89. The Kier molecular flexibility index (Phi) is 8.13. The zero-order valence-corrected chi connectivity index (χ0v) is 13.7. The monoisotopic (exact) mass is 257 g/mol. The van der Waals surface area contributed by atoms with Gasteiger partial charge in [-0.1, -0.05) is 27.7 Å². The van der Waals surface area contributed by atoms with Crippen LogP contribution in [-0.4, -0.2) is 25.3 Å². The molecule has 0 rings (SSSR count). The van der Waals surface area contributed by atoms with Crippen LogP contribution in [0.5, 0.6) is 0 Å². The van der Waals surface area contributed by atoms with Crippen molar-refractivity contribution in [3.63, 3.8) is 0 Å². The Labute approximate surface area is 115 Å². The van der Waals surface area contributed by atoms with Crippen LogP contribution in [0, 0.1) is 11.3 Å². The lowest BCUT2D eigenvalue weighted by Gasteiger charge is -2.33. The molecule has 1 N–H and O–H groups in total. The maximum absolute atomic E-state index is 5.89. The van der Waals surface area contributed by atoms with Gasteiger partial charge in [-0.05, 0) is 57.9 Å². The van der Waals surface area contributed by atoms with Crippen molar-refractivity contribution in [2.24, 2.45) is 11.3 Å². The van der Waals surface area contributed by atoms with Crippen molar-refractivity contribution in [3.8, 4) is 0 Å². The normalized spacial score (nSPS) is 13.3. The third-order valence-electron chi connectivity index (χ3n) is 3.72. The van der Waals surface area contributed by atoms with Crippen LogP contribution in [0.15, 0.2) is 0 Å². The van der Waals surface area contributed by atoms with E-state index in [0.717, 1.165) is 32.0 Å². The maximum Gasteiger partial charge on any atom is 0.0598 e. The fourth-order valence-electron chi connectivity index (χ4n) is 2.14. The number of hydrogen-bond donors (Lipinski definition) is 1. The standard InChI is InChI=1S/C16H35NO/c1-8-16(9-2,13-17-12-14(3)4)10-11-18-15(5,6)7/h14,17H,8-13H2,1-7H3. The SMILES string of the molecule is CCC(CC)(CCOC(C)(C)C)CNCC(C)C. The van der Waals surface area contributed by atoms with Crippen molar-refractivity contribution in [1.82, 2.24) is 5.32 Å². The number of nitrogens with one attached hydrogen (secondary N) is 1. The van der Waals surface area contributed by atoms with Crippen molar-refractivity contribution >= 4 is 0 Å². The minimum absolute atomic E-state index is 0.0153. The molecule has 0 unspecified atom stereocenters. The molecule has 0 aromatic carbocycles. The molecule has 0 bridgehead atoms. The van der Waals surface area contributed by atoms with Crippen molar-refractivity contribution < 1.29 is 4.74 Å². The second kappa shape index (κ2) is 8.16. The zero-order valence-electron chi connectivity index (χ0n) is 13.7. The van der Waals surface area contributed by atoms with Crippen molar-refractivity contribution in [3.05, 3.63) is 0 Å². The van der Waals surface area contributed by atoms with E-state index in [1.807, 2.05) is 0 Å². The molecule has 2 heteroatoms. The molecule has 0 atom stereocenters. The molecule has 0 saturated heterocycles. The van der Waals surface area contributed by atoms with Gasteiger partial charge in [0.1, 0.15) is 0 Å². The summed E-state index contributed by atoms with van der Waals surface area (Å²) in [4.78, 5) is 0. The van der Waals surface area contributed by atoms with Crippen molar-refractivity contribution in [2.75, 3.05) is 19.7 Å². The second-order valence-electron chi connectivity index (χ2n) is 6.94. The molecule has 0 aromatic rings. The number of hydrogen-bond acceptors (Lipinski definition) is 2. The molecule has 0 aliphatic rings. The van der Waals surface area contributed by atoms with Crippen LogP contribution in [0.3, 0.4) is 0 Å². The van der Waals surface area contributed by atoms with E-state index in [0.29, 0.717) is 5.41 Å². The first-order chi connectivity index (χ1) is 8.24. The second-order valence-corrected chi connectivity index (χ2v) is 6.94. The van der Waals surface area contributed by atoms with Gasteiger partial charge in [0.2, 0.25) is 0 Å². The predicted molar refractivity (Wildman–Crippen MR) is 81.0 cm³/mol. The molecule has 0 fully saturated rings. The fraction of sp³-hybridized carbons (Fsp3) is 1.00. The first-order valence-corrected chi connectivity index (χ1v) is 7.59. The van der Waals surface area contributed by atoms with Gasteiger partial charge in [0.25, 0.3) is 0 Å². The highest BCUT2D eigenvalue weighted by atomic mass is 16.5. The average molecular weight is 257 g/mol. The van der Waals surface area contributed by atoms with Crippen LogP contribution in [0.1, 0.15) is 67.7 Å². The van der Waals surface area contributed by atoms with Gasteiger partial charge >= 0.3 is 0 Å². The summed E-state index contributed by atoms with van der Waals surface area (Å²) in [6.07, 6.45) is 3.60. The topological polar surface area (TPSA) is 21.3 Å². The molecular formula is C16H35NO. The van der Waals surface area contributed by atoms with E-state index in [1.54, 1.807) is 0 Å². The molecule has 0 spiro atoms. The van der Waals surface area contributed by atoms with Crippen molar-refractivity contribution in [2.45, 2.75) is 73.3 Å². The zero-order chi connectivity index (χ0) is 14.2. The molecular weight excluding hydrogens is 222 g/mol. The summed E-state index contributed by atoms with van der Waals surface area (Å²) >= 11 is 0. The highest BCUT2D eigenvalue weighted by molar-refractivity contribution is 4.79. The van der Waals surface area contributed by atoms with Crippen LogP contribution in [0.4, 0.5) is 0 Å². The van der Waals surface area contributed by atoms with Gasteiger partial charge in [0, 0.05) is 13.2 Å². The molecule has 0 saturated carbocycles. The Morgan fingerprint density at radius 1 is 1.06 bits per heavy atom. The maximum atomic E-state index is 5.89. The summed E-state index contributed by atoms with van der Waals surface area (Å²) in [5.74, 6) is 0.724. The van der Waals surface area contributed by atoms with Crippen LogP contribution in [-0.2, 0) is 4.74 Å². The molecule has 0 aliphatic heterocycles. The summed E-state index contributed by atoms with van der Waals surface area (Å²) in [6.45, 7) is 18.6. The Balaban J connectivity index is 4.16. The predicted octanol–water partition coefficient (Wildman–Crippen LogP) is 4.24. The largest absolute Gasteiger partial charge is 0.376 e. The molecule has 0 radical (unpaired) electrons. The third kappa shape index (κ3) is 8.10. The molecule has 110 valence electrons. The van der Waals surface area contributed by atoms with Gasteiger partial charge in [-0.2, -0.15) is 0 Å². The van der Waals surface area contributed by atoms with Gasteiger partial charge in [-0.25, -0.2) is 0 Å². The first-order valence-electron chi connectivity index (χ1n) is 7.59. The van der Waals surface area contributed by atoms with Crippen LogP contribution < -0.4 is 5.32 Å². The summed E-state index contributed by atoms with van der Waals surface area (Å²) in [6, 6.07) is 0. The number of ether oxygens (including phenoxy) is 1. The highest BCUT2D eigenvalue weighted by Gasteiger charge is 2.26. The fourth-order valence-corrected chi connectivity index (χ4v) is 2.14. The number of rotatable bonds is 9. The molecule has 0 aliphatic carbocycles. The summed E-state index contributed by atoms with van der Waals surface area (Å²) in [5.41, 5.74) is 0.388. The molecule has 0 aromatic heterocycles. The van der Waals surface area contributed by atoms with E-state index in [9.17, 15) is 0 Å². The van der Waals surface area contributed by atoms with E-state index in [2.05, 4.69) is 53.8 Å². The Morgan fingerprint density at radius 3 is 2.00 bits per heavy atom. The summed E-state index contributed by atoms with van der Waals surface area (Å²) in [5, 5.41) is 3.62. The molecule has 2 nitrogen and oxygen atoms in total. The third-order valence-corrected chi connectivity index (χ3v) is 3.72. The van der Waals surface area contributed by atoms with Gasteiger partial charge in [0.05, 0.1) is 5.60 Å². The molecule has 0 amide bonds. The van der Waals surface area contributed by atoms with E-state index >= 15 is 0 Å². The molecule has 18 heavy (non-hydrogen) atoms. The van der Waals surface area contributed by atoms with E-state index in [-0.39, 0.29) is 5.60 Å². The Hall–Kier alpha value is -0.0800. The quantitative estimate of drug-likeness (QED) is 0.667. The average Bonchev–Trinajstić information content (AvgIpc) is 2.25. The lowest BCUT2D eigenvalue weighted by Crippen LogP contribution is -2.37. The van der Waals surface area contributed by atoms with E-state index in [4.69, 9.17) is 4.74 Å². The smallest absolute Gasteiger partial charge is 0.0598 e. The van der Waals surface area contributed by atoms with Gasteiger partial charge in [0.15, 0.2) is 0 Å². The Morgan fingerprint density at radius 2 is 1.61 bits per heavy atom. The van der Waals surface area contributed by atoms with Crippen LogP contribution in [0.2, 0.25) is 0 Å². The molecule has 0 heterocycles. The van der Waals surface area contributed by atoms with Gasteiger partial charge in [-0.15, -0.1) is 0 Å². The first kappa shape index (κ1) is 17.9. The van der Waals surface area contributed by atoms with Gasteiger partial charge < -0.3 is 10.1 Å². The van der Waals surface area contributed by atoms with Crippen molar-refractivity contribution in [1.29, 1.82) is 0 Å².